The van der Waals surface area contributed by atoms with E-state index in [0.717, 1.165) is 38.0 Å². The number of hydrogen-bond acceptors (Lipinski definition) is 3. The Labute approximate surface area is 104 Å². The summed E-state index contributed by atoms with van der Waals surface area (Å²) in [7, 11) is 0. The minimum absolute atomic E-state index is 0.0514. The summed E-state index contributed by atoms with van der Waals surface area (Å²) < 4.78 is 5.42. The van der Waals surface area contributed by atoms with Crippen molar-refractivity contribution in [1.82, 2.24) is 0 Å². The first-order valence-corrected chi connectivity index (χ1v) is 6.94. The zero-order chi connectivity index (χ0) is 12.5. The van der Waals surface area contributed by atoms with Crippen LogP contribution in [0.1, 0.15) is 46.0 Å². The van der Waals surface area contributed by atoms with Crippen molar-refractivity contribution >= 4 is 0 Å². The highest BCUT2D eigenvalue weighted by Crippen LogP contribution is 2.49. The Kier molecular flexibility index (Phi) is 3.81. The average molecular weight is 242 g/mol. The normalized spacial score (nSPS) is 43.2. The Morgan fingerprint density at radius 2 is 1.88 bits per heavy atom. The fourth-order valence-electron chi connectivity index (χ4n) is 3.56. The van der Waals surface area contributed by atoms with E-state index in [2.05, 4.69) is 13.8 Å². The van der Waals surface area contributed by atoms with Crippen molar-refractivity contribution in [2.24, 2.45) is 17.3 Å². The molecule has 17 heavy (non-hydrogen) atoms. The van der Waals surface area contributed by atoms with Gasteiger partial charge in [-0.15, -0.1) is 0 Å². The maximum atomic E-state index is 10.9. The highest BCUT2D eigenvalue weighted by molar-refractivity contribution is 5.03. The summed E-state index contributed by atoms with van der Waals surface area (Å²) >= 11 is 0. The first kappa shape index (κ1) is 13.3. The van der Waals surface area contributed by atoms with Crippen LogP contribution in [0, 0.1) is 17.3 Å². The van der Waals surface area contributed by atoms with E-state index in [9.17, 15) is 10.2 Å². The molecule has 0 aromatic heterocycles. The van der Waals surface area contributed by atoms with Gasteiger partial charge in [-0.25, -0.2) is 0 Å². The quantitative estimate of drug-likeness (QED) is 0.795. The molecule has 1 saturated carbocycles. The number of aliphatic hydroxyl groups excluding tert-OH is 1. The van der Waals surface area contributed by atoms with Crippen LogP contribution in [-0.2, 0) is 4.74 Å². The highest BCUT2D eigenvalue weighted by atomic mass is 16.5. The van der Waals surface area contributed by atoms with E-state index in [1.54, 1.807) is 0 Å². The van der Waals surface area contributed by atoms with Gasteiger partial charge in [0.2, 0.25) is 0 Å². The van der Waals surface area contributed by atoms with Gasteiger partial charge in [0.05, 0.1) is 18.8 Å². The van der Waals surface area contributed by atoms with Gasteiger partial charge in [-0.05, 0) is 43.9 Å². The van der Waals surface area contributed by atoms with E-state index in [1.807, 2.05) is 0 Å². The van der Waals surface area contributed by atoms with Crippen LogP contribution < -0.4 is 0 Å². The second-order valence-corrected chi connectivity index (χ2v) is 6.35. The third-order valence-corrected chi connectivity index (χ3v) is 5.19. The van der Waals surface area contributed by atoms with E-state index < -0.39 is 11.0 Å². The molecule has 0 radical (unpaired) electrons. The predicted octanol–water partition coefficient (Wildman–Crippen LogP) is 1.96. The summed E-state index contributed by atoms with van der Waals surface area (Å²) in [5.41, 5.74) is -1.10. The number of aliphatic hydroxyl groups is 2. The number of ether oxygens (including phenoxy) is 1. The fraction of sp³-hybridized carbons (Fsp3) is 1.00. The lowest BCUT2D eigenvalue weighted by atomic mass is 9.62. The average Bonchev–Trinajstić information content (AvgIpc) is 2.79. The van der Waals surface area contributed by atoms with Crippen molar-refractivity contribution < 1.29 is 14.9 Å². The van der Waals surface area contributed by atoms with E-state index in [1.165, 1.54) is 0 Å². The van der Waals surface area contributed by atoms with Crippen LogP contribution in [0.5, 0.6) is 0 Å². The van der Waals surface area contributed by atoms with Gasteiger partial charge < -0.3 is 14.9 Å². The lowest BCUT2D eigenvalue weighted by molar-refractivity contribution is -0.138. The largest absolute Gasteiger partial charge is 0.396 e. The van der Waals surface area contributed by atoms with Crippen LogP contribution in [0.4, 0.5) is 0 Å². The SMILES string of the molecule is CC(C)C1CCC(O)(C2(CO)CCOC2)CC1. The van der Waals surface area contributed by atoms with Crippen molar-refractivity contribution in [2.75, 3.05) is 19.8 Å². The van der Waals surface area contributed by atoms with Crippen molar-refractivity contribution in [3.05, 3.63) is 0 Å². The molecule has 100 valence electrons. The van der Waals surface area contributed by atoms with Crippen molar-refractivity contribution in [2.45, 2.75) is 51.6 Å². The standard InChI is InChI=1S/C14H26O3/c1-11(2)12-3-5-14(16,6-4-12)13(9-15)7-8-17-10-13/h11-12,15-16H,3-10H2,1-2H3. The lowest BCUT2D eigenvalue weighted by Crippen LogP contribution is -2.53. The second kappa shape index (κ2) is 4.87. The highest BCUT2D eigenvalue weighted by Gasteiger charge is 2.53. The Balaban J connectivity index is 2.05. The molecule has 1 heterocycles. The van der Waals surface area contributed by atoms with E-state index >= 15 is 0 Å². The molecule has 1 aliphatic heterocycles. The minimum atomic E-state index is -0.705. The number of hydrogen-bond donors (Lipinski definition) is 2. The van der Waals surface area contributed by atoms with E-state index in [-0.39, 0.29) is 6.61 Å². The zero-order valence-corrected chi connectivity index (χ0v) is 11.1. The molecule has 0 spiro atoms. The molecule has 2 fully saturated rings. The Morgan fingerprint density at radius 3 is 2.29 bits per heavy atom. The molecule has 1 atom stereocenters. The van der Waals surface area contributed by atoms with Gasteiger partial charge in [0.1, 0.15) is 0 Å². The van der Waals surface area contributed by atoms with Crippen molar-refractivity contribution in [3.63, 3.8) is 0 Å². The maximum Gasteiger partial charge on any atom is 0.0748 e. The molecule has 0 aromatic carbocycles. The molecule has 2 rings (SSSR count). The molecule has 1 saturated heterocycles. The molecule has 2 aliphatic rings. The Hall–Kier alpha value is -0.120. The van der Waals surface area contributed by atoms with Gasteiger partial charge >= 0.3 is 0 Å². The first-order valence-electron chi connectivity index (χ1n) is 6.94. The molecule has 0 amide bonds. The van der Waals surface area contributed by atoms with Gasteiger partial charge in [-0.3, -0.25) is 0 Å². The summed E-state index contributed by atoms with van der Waals surface area (Å²) in [6.07, 6.45) is 4.59. The van der Waals surface area contributed by atoms with Crippen LogP contribution in [0.2, 0.25) is 0 Å². The minimum Gasteiger partial charge on any atom is -0.396 e. The molecule has 3 heteroatoms. The molecule has 1 unspecified atom stereocenters. The lowest BCUT2D eigenvalue weighted by Gasteiger charge is -2.47. The van der Waals surface area contributed by atoms with E-state index in [4.69, 9.17) is 4.74 Å². The topological polar surface area (TPSA) is 49.7 Å². The number of rotatable bonds is 3. The summed E-state index contributed by atoms with van der Waals surface area (Å²) in [6.45, 7) is 5.77. The molecule has 2 N–H and O–H groups in total. The summed E-state index contributed by atoms with van der Waals surface area (Å²) in [5, 5.41) is 20.6. The van der Waals surface area contributed by atoms with Crippen molar-refractivity contribution in [1.29, 1.82) is 0 Å². The third-order valence-electron chi connectivity index (χ3n) is 5.19. The Morgan fingerprint density at radius 1 is 1.24 bits per heavy atom. The van der Waals surface area contributed by atoms with Crippen LogP contribution >= 0.6 is 0 Å². The molecular weight excluding hydrogens is 216 g/mol. The van der Waals surface area contributed by atoms with E-state index in [0.29, 0.717) is 19.1 Å². The maximum absolute atomic E-state index is 10.9. The van der Waals surface area contributed by atoms with Crippen LogP contribution in [0.15, 0.2) is 0 Å². The third kappa shape index (κ3) is 2.25. The molecule has 0 bridgehead atoms. The zero-order valence-electron chi connectivity index (χ0n) is 11.1. The molecule has 3 nitrogen and oxygen atoms in total. The summed E-state index contributed by atoms with van der Waals surface area (Å²) in [4.78, 5) is 0. The summed E-state index contributed by atoms with van der Waals surface area (Å²) in [5.74, 6) is 1.43. The van der Waals surface area contributed by atoms with Gasteiger partial charge in [0.25, 0.3) is 0 Å². The van der Waals surface area contributed by atoms with Crippen LogP contribution in [0.3, 0.4) is 0 Å². The predicted molar refractivity (Wildman–Crippen MR) is 66.7 cm³/mol. The molecular formula is C14H26O3. The Bertz CT molecular complexity index is 248. The molecule has 1 aliphatic carbocycles. The monoisotopic (exact) mass is 242 g/mol. The van der Waals surface area contributed by atoms with Crippen LogP contribution in [-0.4, -0.2) is 35.6 Å². The smallest absolute Gasteiger partial charge is 0.0748 e. The van der Waals surface area contributed by atoms with Gasteiger partial charge in [-0.1, -0.05) is 13.8 Å². The summed E-state index contributed by atoms with van der Waals surface area (Å²) in [6, 6.07) is 0. The molecule has 0 aromatic rings. The van der Waals surface area contributed by atoms with Gasteiger partial charge in [-0.2, -0.15) is 0 Å². The fourth-order valence-corrected chi connectivity index (χ4v) is 3.56. The van der Waals surface area contributed by atoms with Crippen LogP contribution in [0.25, 0.3) is 0 Å². The second-order valence-electron chi connectivity index (χ2n) is 6.35. The van der Waals surface area contributed by atoms with Crippen molar-refractivity contribution in [3.8, 4) is 0 Å². The van der Waals surface area contributed by atoms with Gasteiger partial charge in [0.15, 0.2) is 0 Å². The first-order chi connectivity index (χ1) is 8.03. The van der Waals surface area contributed by atoms with Gasteiger partial charge in [0, 0.05) is 12.0 Å².